The zero-order valence-electron chi connectivity index (χ0n) is 11.4. The minimum Gasteiger partial charge on any atom is -0.279 e. The van der Waals surface area contributed by atoms with E-state index >= 15 is 0 Å². The molecule has 0 unspecified atom stereocenters. The molecule has 7 heteroatoms. The van der Waals surface area contributed by atoms with Gasteiger partial charge in [-0.3, -0.25) is 9.58 Å². The van der Waals surface area contributed by atoms with E-state index in [1.54, 1.807) is 12.1 Å². The summed E-state index contributed by atoms with van der Waals surface area (Å²) in [6.07, 6.45) is 0. The molecular weight excluding hydrogens is 278 g/mol. The first-order valence-electron chi connectivity index (χ1n) is 6.33. The average Bonchev–Trinajstić information content (AvgIpc) is 2.46. The molecule has 0 spiro atoms. The Morgan fingerprint density at radius 1 is 1.25 bits per heavy atom. The molecule has 0 saturated heterocycles. The topological polar surface area (TPSA) is 77.0 Å². The highest BCUT2D eigenvalue weighted by molar-refractivity contribution is 6.30. The van der Waals surface area contributed by atoms with Gasteiger partial charge in [0.15, 0.2) is 0 Å². The standard InChI is InChI=1S/C13H16ClN5O/c1-3-18-11(9-5-7-10(14)8-6-9)16-12(17-13(18)20)19(15)4-2/h5-8H,3-4,15H2,1-2H3. The number of hydrogen-bond acceptors (Lipinski definition) is 5. The van der Waals surface area contributed by atoms with Gasteiger partial charge in [0.25, 0.3) is 0 Å². The van der Waals surface area contributed by atoms with Crippen molar-refractivity contribution < 1.29 is 0 Å². The minimum absolute atomic E-state index is 0.215. The summed E-state index contributed by atoms with van der Waals surface area (Å²) in [4.78, 5) is 20.3. The molecular formula is C13H16ClN5O. The fourth-order valence-corrected chi connectivity index (χ4v) is 1.92. The number of hydrazine groups is 1. The van der Waals surface area contributed by atoms with Gasteiger partial charge >= 0.3 is 5.69 Å². The molecule has 0 atom stereocenters. The molecule has 2 aromatic rings. The van der Waals surface area contributed by atoms with Crippen LogP contribution < -0.4 is 16.5 Å². The molecule has 0 radical (unpaired) electrons. The Morgan fingerprint density at radius 2 is 1.90 bits per heavy atom. The molecule has 0 amide bonds. The molecule has 1 aromatic carbocycles. The summed E-state index contributed by atoms with van der Waals surface area (Å²) in [5, 5.41) is 1.96. The van der Waals surface area contributed by atoms with Crippen LogP contribution in [0.25, 0.3) is 11.4 Å². The van der Waals surface area contributed by atoms with Gasteiger partial charge in [0.2, 0.25) is 5.95 Å². The second-order valence-electron chi connectivity index (χ2n) is 4.17. The van der Waals surface area contributed by atoms with Crippen LogP contribution in [-0.2, 0) is 6.54 Å². The molecule has 1 aromatic heterocycles. The third kappa shape index (κ3) is 2.81. The summed E-state index contributed by atoms with van der Waals surface area (Å²) in [6.45, 7) is 4.71. The molecule has 0 aliphatic heterocycles. The van der Waals surface area contributed by atoms with Crippen molar-refractivity contribution in [1.29, 1.82) is 0 Å². The second kappa shape index (κ2) is 6.02. The van der Waals surface area contributed by atoms with Crippen LogP contribution in [0.1, 0.15) is 13.8 Å². The van der Waals surface area contributed by atoms with Gasteiger partial charge in [-0.05, 0) is 38.1 Å². The molecule has 2 N–H and O–H groups in total. The summed E-state index contributed by atoms with van der Waals surface area (Å²) in [5.74, 6) is 6.51. The highest BCUT2D eigenvalue weighted by Gasteiger charge is 2.13. The molecule has 20 heavy (non-hydrogen) atoms. The first-order chi connectivity index (χ1) is 9.56. The Labute approximate surface area is 121 Å². The van der Waals surface area contributed by atoms with E-state index in [0.717, 1.165) is 5.56 Å². The van der Waals surface area contributed by atoms with Gasteiger partial charge in [0.05, 0.1) is 0 Å². The Hall–Kier alpha value is -1.92. The van der Waals surface area contributed by atoms with E-state index in [1.165, 1.54) is 9.58 Å². The Morgan fingerprint density at radius 3 is 2.45 bits per heavy atom. The molecule has 0 aliphatic rings. The summed E-state index contributed by atoms with van der Waals surface area (Å²) < 4.78 is 1.50. The second-order valence-corrected chi connectivity index (χ2v) is 4.60. The van der Waals surface area contributed by atoms with Crippen LogP contribution in [0.15, 0.2) is 29.1 Å². The molecule has 0 fully saturated rings. The van der Waals surface area contributed by atoms with Crippen molar-refractivity contribution in [2.45, 2.75) is 20.4 Å². The highest BCUT2D eigenvalue weighted by atomic mass is 35.5. The molecule has 6 nitrogen and oxygen atoms in total. The number of anilines is 1. The zero-order valence-corrected chi connectivity index (χ0v) is 12.1. The van der Waals surface area contributed by atoms with E-state index in [2.05, 4.69) is 9.97 Å². The van der Waals surface area contributed by atoms with Crippen LogP contribution in [0.5, 0.6) is 0 Å². The first-order valence-corrected chi connectivity index (χ1v) is 6.71. The predicted molar refractivity (Wildman–Crippen MR) is 79.6 cm³/mol. The Bertz CT molecular complexity index is 653. The molecule has 2 rings (SSSR count). The summed E-state index contributed by atoms with van der Waals surface area (Å²) >= 11 is 5.88. The van der Waals surface area contributed by atoms with Crippen molar-refractivity contribution in [1.82, 2.24) is 14.5 Å². The lowest BCUT2D eigenvalue weighted by atomic mass is 10.2. The van der Waals surface area contributed by atoms with Gasteiger partial charge in [-0.25, -0.2) is 10.6 Å². The maximum atomic E-state index is 12.1. The number of benzene rings is 1. The van der Waals surface area contributed by atoms with Crippen molar-refractivity contribution in [3.05, 3.63) is 39.8 Å². The number of aromatic nitrogens is 3. The molecule has 106 valence electrons. The van der Waals surface area contributed by atoms with Crippen molar-refractivity contribution >= 4 is 17.5 Å². The number of halogens is 1. The maximum absolute atomic E-state index is 12.1. The van der Waals surface area contributed by atoms with Crippen molar-refractivity contribution in [2.75, 3.05) is 11.6 Å². The predicted octanol–water partition coefficient (Wildman–Crippen LogP) is 1.68. The van der Waals surface area contributed by atoms with Crippen molar-refractivity contribution in [2.24, 2.45) is 5.84 Å². The van der Waals surface area contributed by atoms with E-state index < -0.39 is 0 Å². The van der Waals surface area contributed by atoms with E-state index in [1.807, 2.05) is 26.0 Å². The lowest BCUT2D eigenvalue weighted by Crippen LogP contribution is -2.36. The average molecular weight is 294 g/mol. The number of nitrogens with two attached hydrogens (primary N) is 1. The number of nitrogens with zero attached hydrogens (tertiary/aromatic N) is 4. The van der Waals surface area contributed by atoms with Crippen molar-refractivity contribution in [3.8, 4) is 11.4 Å². The third-order valence-corrected chi connectivity index (χ3v) is 3.16. The van der Waals surface area contributed by atoms with Gasteiger partial charge in [0.1, 0.15) is 5.82 Å². The van der Waals surface area contributed by atoms with Gasteiger partial charge < -0.3 is 0 Å². The van der Waals surface area contributed by atoms with E-state index in [9.17, 15) is 4.79 Å². The first kappa shape index (κ1) is 14.5. The Balaban J connectivity index is 2.63. The quantitative estimate of drug-likeness (QED) is 0.685. The van der Waals surface area contributed by atoms with Crippen molar-refractivity contribution in [3.63, 3.8) is 0 Å². The Kier molecular flexibility index (Phi) is 4.36. The normalized spacial score (nSPS) is 10.6. The van der Waals surface area contributed by atoms with Gasteiger partial charge in [0, 0.05) is 23.7 Å². The van der Waals surface area contributed by atoms with E-state index in [-0.39, 0.29) is 11.6 Å². The highest BCUT2D eigenvalue weighted by Crippen LogP contribution is 2.19. The van der Waals surface area contributed by atoms with Gasteiger partial charge in [-0.1, -0.05) is 11.6 Å². The van der Waals surface area contributed by atoms with Crippen LogP contribution in [0.4, 0.5) is 5.95 Å². The maximum Gasteiger partial charge on any atom is 0.352 e. The number of hydrogen-bond donors (Lipinski definition) is 1. The largest absolute Gasteiger partial charge is 0.352 e. The van der Waals surface area contributed by atoms with Crippen LogP contribution in [0.2, 0.25) is 5.02 Å². The van der Waals surface area contributed by atoms with Crippen LogP contribution in [0, 0.1) is 0 Å². The molecule has 0 aliphatic carbocycles. The van der Waals surface area contributed by atoms with Gasteiger partial charge in [-0.2, -0.15) is 9.97 Å². The molecule has 1 heterocycles. The summed E-state index contributed by atoms with van der Waals surface area (Å²) in [6, 6.07) is 7.13. The van der Waals surface area contributed by atoms with E-state index in [0.29, 0.717) is 23.9 Å². The molecule has 0 saturated carbocycles. The van der Waals surface area contributed by atoms with Crippen LogP contribution in [-0.4, -0.2) is 21.1 Å². The van der Waals surface area contributed by atoms with Crippen LogP contribution >= 0.6 is 11.6 Å². The monoisotopic (exact) mass is 293 g/mol. The summed E-state index contributed by atoms with van der Waals surface area (Å²) in [7, 11) is 0. The lowest BCUT2D eigenvalue weighted by Gasteiger charge is -2.16. The molecule has 0 bridgehead atoms. The zero-order chi connectivity index (χ0) is 14.7. The number of rotatable bonds is 4. The SMILES string of the molecule is CCN(N)c1nc(-c2ccc(Cl)cc2)n(CC)c(=O)n1. The summed E-state index contributed by atoms with van der Waals surface area (Å²) in [5.41, 5.74) is 0.424. The lowest BCUT2D eigenvalue weighted by molar-refractivity contribution is 0.674. The minimum atomic E-state index is -0.369. The smallest absolute Gasteiger partial charge is 0.279 e. The fourth-order valence-electron chi connectivity index (χ4n) is 1.79. The third-order valence-electron chi connectivity index (χ3n) is 2.90. The van der Waals surface area contributed by atoms with Gasteiger partial charge in [-0.15, -0.1) is 0 Å². The fraction of sp³-hybridized carbons (Fsp3) is 0.308. The van der Waals surface area contributed by atoms with E-state index in [4.69, 9.17) is 17.4 Å². The van der Waals surface area contributed by atoms with Crippen LogP contribution in [0.3, 0.4) is 0 Å².